The normalized spacial score (nSPS) is 19.2. The van der Waals surface area contributed by atoms with Gasteiger partial charge in [0.2, 0.25) is 0 Å². The highest BCUT2D eigenvalue weighted by atomic mass is 19.2. The molecule has 1 N–H and O–H groups in total. The second-order valence-corrected chi connectivity index (χ2v) is 5.61. The third-order valence-electron chi connectivity index (χ3n) is 4.31. The first kappa shape index (κ1) is 15.4. The summed E-state index contributed by atoms with van der Waals surface area (Å²) in [5.41, 5.74) is 0.468. The molecule has 0 saturated carbocycles. The lowest BCUT2D eigenvalue weighted by Crippen LogP contribution is -2.38. The minimum Gasteiger partial charge on any atom is -0.317 e. The molecule has 1 aromatic carbocycles. The van der Waals surface area contributed by atoms with Gasteiger partial charge in [-0.25, -0.2) is 8.78 Å². The number of likely N-dealkylation sites (tertiary alicyclic amines) is 1. The first-order valence-electron chi connectivity index (χ1n) is 7.52. The Hall–Kier alpha value is -1.00. The molecule has 2 rings (SSSR count). The van der Waals surface area contributed by atoms with Crippen molar-refractivity contribution in [1.29, 1.82) is 0 Å². The van der Waals surface area contributed by atoms with Crippen molar-refractivity contribution in [2.24, 2.45) is 5.92 Å². The van der Waals surface area contributed by atoms with Gasteiger partial charge in [0.05, 0.1) is 0 Å². The second kappa shape index (κ2) is 7.14. The predicted octanol–water partition coefficient (Wildman–Crippen LogP) is 3.35. The van der Waals surface area contributed by atoms with Gasteiger partial charge in [0.1, 0.15) is 0 Å². The number of hydrogen-bond donors (Lipinski definition) is 1. The lowest BCUT2D eigenvalue weighted by Gasteiger charge is -2.36. The highest BCUT2D eigenvalue weighted by molar-refractivity contribution is 5.22. The first-order chi connectivity index (χ1) is 9.63. The van der Waals surface area contributed by atoms with Crippen LogP contribution in [-0.2, 0) is 0 Å². The predicted molar refractivity (Wildman–Crippen MR) is 77.6 cm³/mol. The number of nitrogens with one attached hydrogen (secondary N) is 1. The van der Waals surface area contributed by atoms with Gasteiger partial charge in [0.15, 0.2) is 11.6 Å². The molecule has 4 heteroatoms. The molecule has 0 bridgehead atoms. The average Bonchev–Trinajstić information content (AvgIpc) is 2.48. The van der Waals surface area contributed by atoms with E-state index in [1.807, 2.05) is 6.92 Å². The molecule has 1 unspecified atom stereocenters. The van der Waals surface area contributed by atoms with E-state index in [0.29, 0.717) is 11.5 Å². The van der Waals surface area contributed by atoms with Crippen LogP contribution in [-0.4, -0.2) is 31.1 Å². The summed E-state index contributed by atoms with van der Waals surface area (Å²) in [4.78, 5) is 2.25. The summed E-state index contributed by atoms with van der Waals surface area (Å²) in [6, 6.07) is 4.38. The van der Waals surface area contributed by atoms with Crippen LogP contribution in [0.1, 0.15) is 38.3 Å². The third-order valence-corrected chi connectivity index (χ3v) is 4.31. The molecular formula is C16H24F2N2. The van der Waals surface area contributed by atoms with Gasteiger partial charge in [-0.2, -0.15) is 0 Å². The van der Waals surface area contributed by atoms with E-state index in [4.69, 9.17) is 0 Å². The van der Waals surface area contributed by atoms with Crippen molar-refractivity contribution in [2.75, 3.05) is 26.2 Å². The quantitative estimate of drug-likeness (QED) is 0.891. The van der Waals surface area contributed by atoms with Crippen LogP contribution in [0.3, 0.4) is 0 Å². The minimum absolute atomic E-state index is 0.0641. The van der Waals surface area contributed by atoms with Crippen molar-refractivity contribution in [2.45, 2.75) is 32.7 Å². The highest BCUT2D eigenvalue weighted by Gasteiger charge is 2.25. The second-order valence-electron chi connectivity index (χ2n) is 5.61. The van der Waals surface area contributed by atoms with Crippen molar-refractivity contribution in [1.82, 2.24) is 10.2 Å². The molecule has 0 aliphatic carbocycles. The van der Waals surface area contributed by atoms with E-state index in [0.717, 1.165) is 39.0 Å². The molecule has 1 saturated heterocycles. The van der Waals surface area contributed by atoms with E-state index < -0.39 is 11.6 Å². The Labute approximate surface area is 120 Å². The Morgan fingerprint density at radius 2 is 2.00 bits per heavy atom. The van der Waals surface area contributed by atoms with E-state index >= 15 is 0 Å². The van der Waals surface area contributed by atoms with Gasteiger partial charge in [-0.15, -0.1) is 0 Å². The van der Waals surface area contributed by atoms with Gasteiger partial charge in [-0.3, -0.25) is 4.90 Å². The van der Waals surface area contributed by atoms with Crippen molar-refractivity contribution in [3.63, 3.8) is 0 Å². The summed E-state index contributed by atoms with van der Waals surface area (Å²) in [5, 5.41) is 3.38. The third kappa shape index (κ3) is 3.55. The van der Waals surface area contributed by atoms with E-state index in [-0.39, 0.29) is 6.04 Å². The smallest absolute Gasteiger partial charge is 0.163 e. The van der Waals surface area contributed by atoms with Crippen LogP contribution < -0.4 is 5.32 Å². The fourth-order valence-electron chi connectivity index (χ4n) is 2.93. The molecule has 0 amide bonds. The van der Waals surface area contributed by atoms with Crippen LogP contribution >= 0.6 is 0 Å². The van der Waals surface area contributed by atoms with Crippen molar-refractivity contribution in [3.05, 3.63) is 35.4 Å². The number of nitrogens with zero attached hydrogens (tertiary/aromatic N) is 1. The van der Waals surface area contributed by atoms with E-state index in [1.165, 1.54) is 6.07 Å². The molecule has 1 heterocycles. The van der Waals surface area contributed by atoms with Gasteiger partial charge in [-0.05, 0) is 57.9 Å². The molecule has 2 nitrogen and oxygen atoms in total. The molecule has 1 aliphatic rings. The fraction of sp³-hybridized carbons (Fsp3) is 0.625. The van der Waals surface area contributed by atoms with Crippen LogP contribution in [0.15, 0.2) is 18.2 Å². The molecule has 0 aromatic heterocycles. The SMILES string of the molecule is CCNCC1CCN(C(C)c2cccc(F)c2F)CC1. The van der Waals surface area contributed by atoms with Gasteiger partial charge < -0.3 is 5.32 Å². The molecule has 20 heavy (non-hydrogen) atoms. The molecule has 112 valence electrons. The Morgan fingerprint density at radius 3 is 2.65 bits per heavy atom. The largest absolute Gasteiger partial charge is 0.317 e. The summed E-state index contributed by atoms with van der Waals surface area (Å²) in [6.45, 7) is 8.05. The average molecular weight is 282 g/mol. The summed E-state index contributed by atoms with van der Waals surface area (Å²) < 4.78 is 27.1. The van der Waals surface area contributed by atoms with Crippen LogP contribution in [0, 0.1) is 17.6 Å². The zero-order chi connectivity index (χ0) is 14.5. The summed E-state index contributed by atoms with van der Waals surface area (Å²) in [5.74, 6) is -0.748. The Kier molecular flexibility index (Phi) is 5.49. The molecule has 1 aliphatic heterocycles. The van der Waals surface area contributed by atoms with Gasteiger partial charge in [-0.1, -0.05) is 19.1 Å². The highest BCUT2D eigenvalue weighted by Crippen LogP contribution is 2.28. The van der Waals surface area contributed by atoms with Crippen molar-refractivity contribution >= 4 is 0 Å². The lowest BCUT2D eigenvalue weighted by molar-refractivity contribution is 0.138. The molecular weight excluding hydrogens is 258 g/mol. The number of benzene rings is 1. The Bertz CT molecular complexity index is 428. The van der Waals surface area contributed by atoms with Crippen LogP contribution in [0.2, 0.25) is 0 Å². The first-order valence-corrected chi connectivity index (χ1v) is 7.52. The van der Waals surface area contributed by atoms with Gasteiger partial charge in [0.25, 0.3) is 0 Å². The monoisotopic (exact) mass is 282 g/mol. The van der Waals surface area contributed by atoms with E-state index in [2.05, 4.69) is 17.1 Å². The standard InChI is InChI=1S/C16H24F2N2/c1-3-19-11-13-7-9-20(10-8-13)12(2)14-5-4-6-15(17)16(14)18/h4-6,12-13,19H,3,7-11H2,1-2H3. The molecule has 1 aromatic rings. The summed E-state index contributed by atoms with van der Waals surface area (Å²) in [7, 11) is 0. The number of halogens is 2. The van der Waals surface area contributed by atoms with E-state index in [1.54, 1.807) is 12.1 Å². The maximum atomic E-state index is 13.8. The lowest BCUT2D eigenvalue weighted by atomic mass is 9.94. The maximum Gasteiger partial charge on any atom is 0.163 e. The zero-order valence-corrected chi connectivity index (χ0v) is 12.3. The van der Waals surface area contributed by atoms with Gasteiger partial charge >= 0.3 is 0 Å². The van der Waals surface area contributed by atoms with Crippen molar-refractivity contribution in [3.8, 4) is 0 Å². The zero-order valence-electron chi connectivity index (χ0n) is 12.3. The topological polar surface area (TPSA) is 15.3 Å². The Balaban J connectivity index is 1.94. The van der Waals surface area contributed by atoms with Gasteiger partial charge in [0, 0.05) is 11.6 Å². The van der Waals surface area contributed by atoms with Crippen molar-refractivity contribution < 1.29 is 8.78 Å². The van der Waals surface area contributed by atoms with Crippen LogP contribution in [0.4, 0.5) is 8.78 Å². The van der Waals surface area contributed by atoms with Crippen LogP contribution in [0.25, 0.3) is 0 Å². The van der Waals surface area contributed by atoms with Crippen LogP contribution in [0.5, 0.6) is 0 Å². The maximum absolute atomic E-state index is 13.8. The molecule has 0 spiro atoms. The number of rotatable bonds is 5. The number of hydrogen-bond acceptors (Lipinski definition) is 2. The molecule has 1 fully saturated rings. The Morgan fingerprint density at radius 1 is 1.30 bits per heavy atom. The summed E-state index contributed by atoms with van der Waals surface area (Å²) >= 11 is 0. The molecule has 1 atom stereocenters. The minimum atomic E-state index is -0.753. The number of piperidine rings is 1. The fourth-order valence-corrected chi connectivity index (χ4v) is 2.93. The molecule has 0 radical (unpaired) electrons. The summed E-state index contributed by atoms with van der Waals surface area (Å²) in [6.07, 6.45) is 2.24. The van der Waals surface area contributed by atoms with E-state index in [9.17, 15) is 8.78 Å².